The number of carbonyl (C=O) groups excluding carboxylic acids is 3. The standard InChI is InChI=1S/C17H29NO7/c1-5-11(2)15(17(21)22-4)18-14(19)10-25-16(20)12(3)24-9-13-7-6-8-23-13/h11-13,15H,5-10H2,1-4H3,(H,18,19). The van der Waals surface area contributed by atoms with Crippen LogP contribution in [0.2, 0.25) is 0 Å². The van der Waals surface area contributed by atoms with E-state index in [1.807, 2.05) is 13.8 Å². The molecule has 1 rings (SSSR count). The summed E-state index contributed by atoms with van der Waals surface area (Å²) in [6.07, 6.45) is 1.81. The molecule has 1 N–H and O–H groups in total. The quantitative estimate of drug-likeness (QED) is 0.576. The van der Waals surface area contributed by atoms with Gasteiger partial charge in [0.25, 0.3) is 5.91 Å². The van der Waals surface area contributed by atoms with Crippen LogP contribution in [0.15, 0.2) is 0 Å². The second kappa shape index (κ2) is 11.0. The Hall–Kier alpha value is -1.67. The molecule has 1 fully saturated rings. The zero-order chi connectivity index (χ0) is 18.8. The highest BCUT2D eigenvalue weighted by molar-refractivity contribution is 5.86. The van der Waals surface area contributed by atoms with Crippen molar-refractivity contribution in [1.29, 1.82) is 0 Å². The normalized spacial score (nSPS) is 20.4. The molecule has 0 saturated carbocycles. The van der Waals surface area contributed by atoms with E-state index in [0.717, 1.165) is 12.8 Å². The molecule has 0 radical (unpaired) electrons. The van der Waals surface area contributed by atoms with Gasteiger partial charge in [-0.05, 0) is 25.7 Å². The Kier molecular flexibility index (Phi) is 9.44. The molecule has 1 aliphatic heterocycles. The van der Waals surface area contributed by atoms with E-state index < -0.39 is 36.6 Å². The van der Waals surface area contributed by atoms with Crippen molar-refractivity contribution >= 4 is 17.8 Å². The van der Waals surface area contributed by atoms with Gasteiger partial charge in [0, 0.05) is 6.61 Å². The summed E-state index contributed by atoms with van der Waals surface area (Å²) in [6, 6.07) is -0.769. The smallest absolute Gasteiger partial charge is 0.335 e. The molecule has 1 amide bonds. The fourth-order valence-corrected chi connectivity index (χ4v) is 2.36. The van der Waals surface area contributed by atoms with Gasteiger partial charge in [0.15, 0.2) is 12.7 Å². The van der Waals surface area contributed by atoms with Gasteiger partial charge in [-0.3, -0.25) is 4.79 Å². The predicted octanol–water partition coefficient (Wildman–Crippen LogP) is 0.818. The number of hydrogen-bond donors (Lipinski definition) is 1. The van der Waals surface area contributed by atoms with Crippen molar-refractivity contribution in [2.45, 2.75) is 58.3 Å². The summed E-state index contributed by atoms with van der Waals surface area (Å²) < 4.78 is 20.4. The van der Waals surface area contributed by atoms with Gasteiger partial charge in [0.2, 0.25) is 0 Å². The zero-order valence-electron chi connectivity index (χ0n) is 15.4. The summed E-state index contributed by atoms with van der Waals surface area (Å²) in [4.78, 5) is 35.5. The number of carbonyl (C=O) groups is 3. The first-order chi connectivity index (χ1) is 11.9. The number of methoxy groups -OCH3 is 1. The van der Waals surface area contributed by atoms with E-state index >= 15 is 0 Å². The lowest BCUT2D eigenvalue weighted by atomic mass is 9.99. The lowest BCUT2D eigenvalue weighted by molar-refractivity contribution is -0.161. The second-order valence-electron chi connectivity index (χ2n) is 6.17. The molecule has 0 aliphatic carbocycles. The highest BCUT2D eigenvalue weighted by Crippen LogP contribution is 2.13. The maximum atomic E-state index is 11.9. The molecule has 1 aliphatic rings. The van der Waals surface area contributed by atoms with Crippen LogP contribution in [-0.2, 0) is 33.3 Å². The van der Waals surface area contributed by atoms with Crippen molar-refractivity contribution < 1.29 is 33.3 Å². The van der Waals surface area contributed by atoms with Gasteiger partial charge in [-0.2, -0.15) is 0 Å². The zero-order valence-corrected chi connectivity index (χ0v) is 15.4. The van der Waals surface area contributed by atoms with Crippen molar-refractivity contribution in [3.8, 4) is 0 Å². The van der Waals surface area contributed by atoms with Gasteiger partial charge in [-0.25, -0.2) is 9.59 Å². The van der Waals surface area contributed by atoms with E-state index in [1.165, 1.54) is 7.11 Å². The molecule has 1 saturated heterocycles. The molecule has 0 aromatic carbocycles. The Balaban J connectivity index is 2.34. The van der Waals surface area contributed by atoms with E-state index in [2.05, 4.69) is 10.1 Å². The van der Waals surface area contributed by atoms with E-state index in [4.69, 9.17) is 14.2 Å². The first-order valence-corrected chi connectivity index (χ1v) is 8.66. The van der Waals surface area contributed by atoms with Crippen molar-refractivity contribution in [2.75, 3.05) is 26.9 Å². The predicted molar refractivity (Wildman–Crippen MR) is 88.7 cm³/mol. The van der Waals surface area contributed by atoms with Crippen molar-refractivity contribution in [1.82, 2.24) is 5.32 Å². The van der Waals surface area contributed by atoms with Gasteiger partial charge >= 0.3 is 11.9 Å². The molecule has 0 aromatic rings. The molecule has 4 atom stereocenters. The van der Waals surface area contributed by atoms with Crippen molar-refractivity contribution in [3.05, 3.63) is 0 Å². The molecule has 144 valence electrons. The third kappa shape index (κ3) is 7.39. The maximum absolute atomic E-state index is 11.9. The molecule has 8 nitrogen and oxygen atoms in total. The Labute approximate surface area is 148 Å². The molecular weight excluding hydrogens is 330 g/mol. The number of nitrogens with one attached hydrogen (secondary N) is 1. The lowest BCUT2D eigenvalue weighted by Gasteiger charge is -2.22. The van der Waals surface area contributed by atoms with Crippen LogP contribution in [0.25, 0.3) is 0 Å². The Bertz CT molecular complexity index is 448. The van der Waals surface area contributed by atoms with Crippen LogP contribution in [0.1, 0.15) is 40.0 Å². The van der Waals surface area contributed by atoms with Crippen LogP contribution in [0, 0.1) is 5.92 Å². The van der Waals surface area contributed by atoms with Crippen LogP contribution < -0.4 is 5.32 Å². The van der Waals surface area contributed by atoms with Gasteiger partial charge in [-0.15, -0.1) is 0 Å². The molecule has 25 heavy (non-hydrogen) atoms. The monoisotopic (exact) mass is 359 g/mol. The maximum Gasteiger partial charge on any atom is 0.335 e. The van der Waals surface area contributed by atoms with Gasteiger partial charge in [-0.1, -0.05) is 20.3 Å². The number of rotatable bonds is 10. The largest absolute Gasteiger partial charge is 0.467 e. The Morgan fingerprint density at radius 3 is 2.52 bits per heavy atom. The van der Waals surface area contributed by atoms with E-state index in [0.29, 0.717) is 19.6 Å². The highest BCUT2D eigenvalue weighted by atomic mass is 16.6. The average molecular weight is 359 g/mol. The molecule has 1 heterocycles. The second-order valence-corrected chi connectivity index (χ2v) is 6.17. The van der Waals surface area contributed by atoms with Crippen LogP contribution >= 0.6 is 0 Å². The number of hydrogen-bond acceptors (Lipinski definition) is 7. The summed E-state index contributed by atoms with van der Waals surface area (Å²) in [5.74, 6) is -1.82. The van der Waals surface area contributed by atoms with E-state index in [9.17, 15) is 14.4 Å². The minimum absolute atomic E-state index is 0.00916. The molecule has 0 aromatic heterocycles. The lowest BCUT2D eigenvalue weighted by Crippen LogP contribution is -2.47. The van der Waals surface area contributed by atoms with Gasteiger partial charge in [0.05, 0.1) is 19.8 Å². The topological polar surface area (TPSA) is 100 Å². The minimum Gasteiger partial charge on any atom is -0.467 e. The Morgan fingerprint density at radius 1 is 1.24 bits per heavy atom. The van der Waals surface area contributed by atoms with Crippen LogP contribution in [0.5, 0.6) is 0 Å². The van der Waals surface area contributed by atoms with Gasteiger partial charge in [0.1, 0.15) is 6.04 Å². The first kappa shape index (κ1) is 21.4. The molecule has 0 bridgehead atoms. The summed E-state index contributed by atoms with van der Waals surface area (Å²) in [5, 5.41) is 2.54. The van der Waals surface area contributed by atoms with Crippen LogP contribution in [0.4, 0.5) is 0 Å². The highest BCUT2D eigenvalue weighted by Gasteiger charge is 2.27. The summed E-state index contributed by atoms with van der Waals surface area (Å²) in [5.41, 5.74) is 0. The van der Waals surface area contributed by atoms with E-state index in [1.54, 1.807) is 6.92 Å². The van der Waals surface area contributed by atoms with Gasteiger partial charge < -0.3 is 24.3 Å². The summed E-state index contributed by atoms with van der Waals surface area (Å²) in [7, 11) is 1.26. The fraction of sp³-hybridized carbons (Fsp3) is 0.824. The number of esters is 2. The van der Waals surface area contributed by atoms with E-state index in [-0.39, 0.29) is 12.0 Å². The molecule has 8 heteroatoms. The average Bonchev–Trinajstić information content (AvgIpc) is 3.14. The molecular formula is C17H29NO7. The number of ether oxygens (including phenoxy) is 4. The van der Waals surface area contributed by atoms with Crippen LogP contribution in [0.3, 0.4) is 0 Å². The third-order valence-corrected chi connectivity index (χ3v) is 4.22. The molecule has 4 unspecified atom stereocenters. The minimum atomic E-state index is -0.789. The third-order valence-electron chi connectivity index (χ3n) is 4.22. The van der Waals surface area contributed by atoms with Crippen molar-refractivity contribution in [3.63, 3.8) is 0 Å². The SMILES string of the molecule is CCC(C)C(NC(=O)COC(=O)C(C)OCC1CCCO1)C(=O)OC. The summed E-state index contributed by atoms with van der Waals surface area (Å²) >= 11 is 0. The first-order valence-electron chi connectivity index (χ1n) is 8.66. The summed E-state index contributed by atoms with van der Waals surface area (Å²) in [6.45, 7) is 5.85. The number of amides is 1. The molecule has 0 spiro atoms. The van der Waals surface area contributed by atoms with Crippen molar-refractivity contribution in [2.24, 2.45) is 5.92 Å². The van der Waals surface area contributed by atoms with Crippen LogP contribution in [-0.4, -0.2) is 63.0 Å². The fourth-order valence-electron chi connectivity index (χ4n) is 2.36. The Morgan fingerprint density at radius 2 is 1.96 bits per heavy atom.